The van der Waals surface area contributed by atoms with Crippen molar-refractivity contribution in [3.05, 3.63) is 45.4 Å². The second-order valence-corrected chi connectivity index (χ2v) is 6.20. The molecule has 1 aromatic carbocycles. The van der Waals surface area contributed by atoms with Gasteiger partial charge in [-0.1, -0.05) is 28.1 Å². The molecule has 3 aromatic rings. The Hall–Kier alpha value is -2.55. The summed E-state index contributed by atoms with van der Waals surface area (Å²) in [6.45, 7) is 3.77. The van der Waals surface area contributed by atoms with E-state index < -0.39 is 17.6 Å². The van der Waals surface area contributed by atoms with Crippen LogP contribution in [0.15, 0.2) is 39.9 Å². The summed E-state index contributed by atoms with van der Waals surface area (Å²) < 4.78 is 8.69. The van der Waals surface area contributed by atoms with E-state index in [1.54, 1.807) is 13.8 Å². The number of fused-ring (bicyclic) bond motifs is 1. The van der Waals surface area contributed by atoms with Crippen molar-refractivity contribution in [2.75, 3.05) is 6.61 Å². The molecule has 0 bridgehead atoms. The molecule has 1 atom stereocenters. The van der Waals surface area contributed by atoms with Crippen molar-refractivity contribution in [3.63, 3.8) is 0 Å². The fourth-order valence-electron chi connectivity index (χ4n) is 2.52. The Kier molecular flexibility index (Phi) is 4.93. The number of nitrogens with zero attached hydrogens (tertiary/aromatic N) is 5. The molecule has 0 aliphatic heterocycles. The molecule has 0 radical (unpaired) electrons. The van der Waals surface area contributed by atoms with Gasteiger partial charge in [0.2, 0.25) is 0 Å². The third-order valence-electron chi connectivity index (χ3n) is 3.74. The van der Waals surface area contributed by atoms with Gasteiger partial charge in [-0.25, -0.2) is 9.78 Å². The lowest BCUT2D eigenvalue weighted by Crippen LogP contribution is -2.31. The van der Waals surface area contributed by atoms with E-state index in [4.69, 9.17) is 4.74 Å². The first-order valence-corrected chi connectivity index (χ1v) is 8.61. The highest BCUT2D eigenvalue weighted by molar-refractivity contribution is 9.10. The Morgan fingerprint density at radius 2 is 2.00 bits per heavy atom. The number of hydrogen-bond donors (Lipinski definition) is 0. The fraction of sp³-hybridized carbons (Fsp3) is 0.312. The molecule has 0 spiro atoms. The molecule has 0 saturated heterocycles. The van der Waals surface area contributed by atoms with Gasteiger partial charge in [-0.2, -0.15) is 4.68 Å². The van der Waals surface area contributed by atoms with E-state index in [2.05, 4.69) is 31.2 Å². The summed E-state index contributed by atoms with van der Waals surface area (Å²) in [5.41, 5.74) is 0.747. The van der Waals surface area contributed by atoms with Crippen LogP contribution < -0.4 is 5.56 Å². The number of aromatic nitrogens is 5. The van der Waals surface area contributed by atoms with Crippen LogP contribution in [0.1, 0.15) is 26.3 Å². The van der Waals surface area contributed by atoms with Gasteiger partial charge in [-0.05, 0) is 37.6 Å². The minimum Gasteiger partial charge on any atom is -0.464 e. The van der Waals surface area contributed by atoms with Gasteiger partial charge in [0.05, 0.1) is 12.3 Å². The van der Waals surface area contributed by atoms with Crippen molar-refractivity contribution in [1.29, 1.82) is 0 Å². The second-order valence-electron chi connectivity index (χ2n) is 5.28. The van der Waals surface area contributed by atoms with Gasteiger partial charge in [-0.15, -0.1) is 5.10 Å². The van der Waals surface area contributed by atoms with Gasteiger partial charge >= 0.3 is 5.97 Å². The highest BCUT2D eigenvalue weighted by Crippen LogP contribution is 2.17. The standard InChI is InChI=1S/C16H16BrN5O3/c1-3-12(16(24)25-4-2)21-9-18-14-13(15(21)23)19-20-22(14)11-7-5-10(17)6-8-11/h5-9,12H,3-4H2,1-2H3. The number of rotatable bonds is 5. The van der Waals surface area contributed by atoms with E-state index >= 15 is 0 Å². The Balaban J connectivity index is 2.09. The number of carbonyl (C=O) groups is 1. The minimum atomic E-state index is -0.734. The minimum absolute atomic E-state index is 0.105. The lowest BCUT2D eigenvalue weighted by molar-refractivity contribution is -0.147. The molecule has 2 aromatic heterocycles. The van der Waals surface area contributed by atoms with E-state index in [1.807, 2.05) is 24.3 Å². The van der Waals surface area contributed by atoms with E-state index in [-0.39, 0.29) is 12.1 Å². The number of hydrogen-bond acceptors (Lipinski definition) is 6. The van der Waals surface area contributed by atoms with E-state index in [1.165, 1.54) is 15.6 Å². The molecule has 1 unspecified atom stereocenters. The summed E-state index contributed by atoms with van der Waals surface area (Å²) >= 11 is 3.37. The predicted octanol–water partition coefficient (Wildman–Crippen LogP) is 2.25. The van der Waals surface area contributed by atoms with Crippen LogP contribution in [0.3, 0.4) is 0 Å². The molecule has 0 amide bonds. The molecule has 0 saturated carbocycles. The van der Waals surface area contributed by atoms with Gasteiger partial charge in [0.1, 0.15) is 12.4 Å². The zero-order chi connectivity index (χ0) is 18.0. The van der Waals surface area contributed by atoms with E-state index in [0.717, 1.165) is 10.2 Å². The van der Waals surface area contributed by atoms with Gasteiger partial charge in [0, 0.05) is 4.47 Å². The molecule has 8 nitrogen and oxygen atoms in total. The highest BCUT2D eigenvalue weighted by atomic mass is 79.9. The number of halogens is 1. The van der Waals surface area contributed by atoms with Gasteiger partial charge in [0.25, 0.3) is 5.56 Å². The Labute approximate surface area is 151 Å². The molecule has 2 heterocycles. The molecular formula is C16H16BrN5O3. The number of ether oxygens (including phenoxy) is 1. The molecule has 130 valence electrons. The van der Waals surface area contributed by atoms with Crippen LogP contribution in [0.5, 0.6) is 0 Å². The summed E-state index contributed by atoms with van der Waals surface area (Å²) in [5.74, 6) is -0.464. The van der Waals surface area contributed by atoms with Crippen LogP contribution in [-0.2, 0) is 9.53 Å². The lowest BCUT2D eigenvalue weighted by Gasteiger charge is -2.15. The van der Waals surface area contributed by atoms with Crippen LogP contribution in [0, 0.1) is 0 Å². The zero-order valence-corrected chi connectivity index (χ0v) is 15.3. The van der Waals surface area contributed by atoms with Gasteiger partial charge in [0.15, 0.2) is 11.2 Å². The average molecular weight is 406 g/mol. The molecule has 0 aliphatic rings. The number of benzene rings is 1. The number of esters is 1. The molecule has 9 heteroatoms. The summed E-state index contributed by atoms with van der Waals surface area (Å²) in [7, 11) is 0. The molecule has 0 fully saturated rings. The zero-order valence-electron chi connectivity index (χ0n) is 13.7. The fourth-order valence-corrected chi connectivity index (χ4v) is 2.78. The third kappa shape index (κ3) is 3.19. The SMILES string of the molecule is CCOC(=O)C(CC)n1cnc2c(nnn2-c2ccc(Br)cc2)c1=O. The van der Waals surface area contributed by atoms with Crippen molar-refractivity contribution in [1.82, 2.24) is 24.5 Å². The maximum absolute atomic E-state index is 12.7. The summed E-state index contributed by atoms with van der Waals surface area (Å²) in [4.78, 5) is 29.1. The summed E-state index contributed by atoms with van der Waals surface area (Å²) in [5, 5.41) is 7.98. The van der Waals surface area contributed by atoms with Crippen LogP contribution in [0.4, 0.5) is 0 Å². The van der Waals surface area contributed by atoms with Crippen LogP contribution in [0.25, 0.3) is 16.9 Å². The van der Waals surface area contributed by atoms with E-state index in [0.29, 0.717) is 12.1 Å². The Bertz CT molecular complexity index is 964. The maximum atomic E-state index is 12.7. The van der Waals surface area contributed by atoms with Crippen molar-refractivity contribution >= 4 is 33.1 Å². The third-order valence-corrected chi connectivity index (χ3v) is 4.27. The largest absolute Gasteiger partial charge is 0.464 e. The van der Waals surface area contributed by atoms with Crippen molar-refractivity contribution < 1.29 is 9.53 Å². The topological polar surface area (TPSA) is 91.9 Å². The normalized spacial score (nSPS) is 12.3. The van der Waals surface area contributed by atoms with Gasteiger partial charge in [-0.3, -0.25) is 9.36 Å². The highest BCUT2D eigenvalue weighted by Gasteiger charge is 2.23. The van der Waals surface area contributed by atoms with E-state index in [9.17, 15) is 9.59 Å². The Morgan fingerprint density at radius 1 is 1.28 bits per heavy atom. The first kappa shape index (κ1) is 17.3. The average Bonchev–Trinajstić information content (AvgIpc) is 3.03. The first-order valence-electron chi connectivity index (χ1n) is 7.82. The lowest BCUT2D eigenvalue weighted by atomic mass is 10.2. The maximum Gasteiger partial charge on any atom is 0.329 e. The second kappa shape index (κ2) is 7.14. The molecule has 0 N–H and O–H groups in total. The monoisotopic (exact) mass is 405 g/mol. The van der Waals surface area contributed by atoms with Crippen LogP contribution in [-0.4, -0.2) is 37.1 Å². The van der Waals surface area contributed by atoms with Crippen molar-refractivity contribution in [3.8, 4) is 5.69 Å². The summed E-state index contributed by atoms with van der Waals surface area (Å²) in [6, 6.07) is 6.65. The summed E-state index contributed by atoms with van der Waals surface area (Å²) in [6.07, 6.45) is 1.75. The van der Waals surface area contributed by atoms with Crippen LogP contribution >= 0.6 is 15.9 Å². The van der Waals surface area contributed by atoms with Crippen LogP contribution in [0.2, 0.25) is 0 Å². The molecule has 3 rings (SSSR count). The smallest absolute Gasteiger partial charge is 0.329 e. The molecular weight excluding hydrogens is 390 g/mol. The quantitative estimate of drug-likeness (QED) is 0.604. The van der Waals surface area contributed by atoms with Crippen molar-refractivity contribution in [2.24, 2.45) is 0 Å². The first-order chi connectivity index (χ1) is 12.1. The molecule has 25 heavy (non-hydrogen) atoms. The number of carbonyl (C=O) groups excluding carboxylic acids is 1. The van der Waals surface area contributed by atoms with Crippen molar-refractivity contribution in [2.45, 2.75) is 26.3 Å². The predicted molar refractivity (Wildman–Crippen MR) is 94.6 cm³/mol. The van der Waals surface area contributed by atoms with Gasteiger partial charge < -0.3 is 4.74 Å². The molecule has 0 aliphatic carbocycles. The Morgan fingerprint density at radius 3 is 2.64 bits per heavy atom.